The lowest BCUT2D eigenvalue weighted by atomic mass is 10.1. The Morgan fingerprint density at radius 2 is 1.96 bits per heavy atom. The average Bonchev–Trinajstić information content (AvgIpc) is 2.81. The van der Waals surface area contributed by atoms with Crippen LogP contribution in [0.25, 0.3) is 16.6 Å². The molecule has 2 heterocycles. The summed E-state index contributed by atoms with van der Waals surface area (Å²) >= 11 is 0. The SMILES string of the molecule is Cc1cccc2c(=O)n3c(nc12)C(=O)c1cc([N+](=O)[O-])ccc1-3. The fourth-order valence-corrected chi connectivity index (χ4v) is 2.86. The Kier molecular flexibility index (Phi) is 2.51. The van der Waals surface area contributed by atoms with Crippen LogP contribution in [0.4, 0.5) is 5.69 Å². The monoisotopic (exact) mass is 307 g/mol. The summed E-state index contributed by atoms with van der Waals surface area (Å²) in [6.45, 7) is 1.81. The lowest BCUT2D eigenvalue weighted by Crippen LogP contribution is -2.21. The van der Waals surface area contributed by atoms with Crippen LogP contribution in [-0.4, -0.2) is 20.3 Å². The van der Waals surface area contributed by atoms with Crippen molar-refractivity contribution >= 4 is 22.4 Å². The van der Waals surface area contributed by atoms with Crippen LogP contribution in [0.3, 0.4) is 0 Å². The van der Waals surface area contributed by atoms with Crippen LogP contribution in [0.15, 0.2) is 41.2 Å². The summed E-state index contributed by atoms with van der Waals surface area (Å²) in [5, 5.41) is 11.3. The molecule has 0 bridgehead atoms. The van der Waals surface area contributed by atoms with Crippen molar-refractivity contribution in [1.29, 1.82) is 0 Å². The second-order valence-corrected chi connectivity index (χ2v) is 5.33. The Hall–Kier alpha value is -3.35. The number of nitro groups is 1. The van der Waals surface area contributed by atoms with Gasteiger partial charge in [-0.1, -0.05) is 12.1 Å². The molecule has 0 N–H and O–H groups in total. The fraction of sp³-hybridized carbons (Fsp3) is 0.0625. The van der Waals surface area contributed by atoms with E-state index in [1.54, 1.807) is 12.1 Å². The van der Waals surface area contributed by atoms with Crippen LogP contribution < -0.4 is 5.56 Å². The number of hydrogen-bond donors (Lipinski definition) is 0. The van der Waals surface area contributed by atoms with Gasteiger partial charge in [-0.2, -0.15) is 0 Å². The second-order valence-electron chi connectivity index (χ2n) is 5.33. The molecule has 112 valence electrons. The number of para-hydroxylation sites is 1. The minimum absolute atomic E-state index is 0.00713. The number of nitro benzene ring substituents is 1. The first kappa shape index (κ1) is 13.3. The van der Waals surface area contributed by atoms with E-state index >= 15 is 0 Å². The highest BCUT2D eigenvalue weighted by atomic mass is 16.6. The third kappa shape index (κ3) is 1.67. The number of aromatic nitrogens is 2. The molecule has 0 unspecified atom stereocenters. The van der Waals surface area contributed by atoms with Gasteiger partial charge in [-0.25, -0.2) is 4.98 Å². The molecule has 0 saturated carbocycles. The number of rotatable bonds is 1. The van der Waals surface area contributed by atoms with Crippen molar-refractivity contribution in [3.8, 4) is 5.69 Å². The van der Waals surface area contributed by atoms with Gasteiger partial charge in [0.25, 0.3) is 11.2 Å². The maximum Gasteiger partial charge on any atom is 0.270 e. The molecule has 4 rings (SSSR count). The highest BCUT2D eigenvalue weighted by molar-refractivity contribution is 6.13. The summed E-state index contributed by atoms with van der Waals surface area (Å²) in [5.41, 5.74) is 1.17. The molecule has 0 saturated heterocycles. The van der Waals surface area contributed by atoms with Gasteiger partial charge < -0.3 is 0 Å². The van der Waals surface area contributed by atoms with Crippen molar-refractivity contribution in [2.45, 2.75) is 6.92 Å². The molecular weight excluding hydrogens is 298 g/mol. The van der Waals surface area contributed by atoms with Crippen molar-refractivity contribution in [3.63, 3.8) is 0 Å². The zero-order chi connectivity index (χ0) is 16.3. The van der Waals surface area contributed by atoms with Gasteiger partial charge in [-0.3, -0.25) is 24.3 Å². The molecule has 0 aliphatic carbocycles. The van der Waals surface area contributed by atoms with E-state index in [-0.39, 0.29) is 22.6 Å². The third-order valence-corrected chi connectivity index (χ3v) is 3.98. The summed E-state index contributed by atoms with van der Waals surface area (Å²) in [7, 11) is 0. The number of nitrogens with zero attached hydrogens (tertiary/aromatic N) is 3. The predicted octanol–water partition coefficient (Wildman–Crippen LogP) is 2.15. The summed E-state index contributed by atoms with van der Waals surface area (Å²) < 4.78 is 1.23. The van der Waals surface area contributed by atoms with Crippen molar-refractivity contribution in [3.05, 3.63) is 73.8 Å². The van der Waals surface area contributed by atoms with Crippen molar-refractivity contribution in [2.24, 2.45) is 0 Å². The van der Waals surface area contributed by atoms with Gasteiger partial charge in [-0.15, -0.1) is 0 Å². The smallest absolute Gasteiger partial charge is 0.270 e. The number of carbonyl (C=O) groups is 1. The minimum atomic E-state index is -0.576. The molecule has 0 fully saturated rings. The summed E-state index contributed by atoms with van der Waals surface area (Å²) in [6.07, 6.45) is 0. The van der Waals surface area contributed by atoms with Crippen LogP contribution >= 0.6 is 0 Å². The number of ketones is 1. The Morgan fingerprint density at radius 3 is 2.70 bits per heavy atom. The number of benzene rings is 2. The highest BCUT2D eigenvalue weighted by Crippen LogP contribution is 2.29. The van der Waals surface area contributed by atoms with E-state index in [9.17, 15) is 19.7 Å². The summed E-state index contributed by atoms with van der Waals surface area (Å²) in [6, 6.07) is 9.08. The number of non-ortho nitro benzene ring substituents is 1. The number of fused-ring (bicyclic) bond motifs is 4. The van der Waals surface area contributed by atoms with Gasteiger partial charge in [0.2, 0.25) is 5.78 Å². The zero-order valence-corrected chi connectivity index (χ0v) is 11.9. The molecule has 0 radical (unpaired) electrons. The van der Waals surface area contributed by atoms with Gasteiger partial charge in [0.05, 0.1) is 27.1 Å². The number of hydrogen-bond acceptors (Lipinski definition) is 5. The molecule has 3 aromatic rings. The largest absolute Gasteiger partial charge is 0.285 e. The van der Waals surface area contributed by atoms with E-state index in [0.29, 0.717) is 16.6 Å². The van der Waals surface area contributed by atoms with Crippen molar-refractivity contribution < 1.29 is 9.72 Å². The molecule has 0 amide bonds. The molecule has 7 nitrogen and oxygen atoms in total. The van der Waals surface area contributed by atoms with Crippen LogP contribution in [0.1, 0.15) is 21.7 Å². The summed E-state index contributed by atoms with van der Waals surface area (Å²) in [4.78, 5) is 39.9. The molecule has 1 aromatic heterocycles. The fourth-order valence-electron chi connectivity index (χ4n) is 2.86. The maximum absolute atomic E-state index is 12.7. The number of aryl methyl sites for hydroxylation is 1. The molecule has 23 heavy (non-hydrogen) atoms. The second kappa shape index (κ2) is 4.33. The first-order valence-electron chi connectivity index (χ1n) is 6.85. The quantitative estimate of drug-likeness (QED) is 0.396. The molecule has 1 aliphatic rings. The predicted molar refractivity (Wildman–Crippen MR) is 82.2 cm³/mol. The lowest BCUT2D eigenvalue weighted by molar-refractivity contribution is -0.384. The Labute approximate surface area is 129 Å². The maximum atomic E-state index is 12.7. The van der Waals surface area contributed by atoms with E-state index in [1.165, 1.54) is 22.8 Å². The van der Waals surface area contributed by atoms with Gasteiger partial charge in [-0.05, 0) is 24.6 Å². The van der Waals surface area contributed by atoms with E-state index < -0.39 is 10.7 Å². The van der Waals surface area contributed by atoms with Crippen LogP contribution in [0, 0.1) is 17.0 Å². The van der Waals surface area contributed by atoms with E-state index in [0.717, 1.165) is 5.56 Å². The van der Waals surface area contributed by atoms with Crippen LogP contribution in [0.2, 0.25) is 0 Å². The van der Waals surface area contributed by atoms with Crippen molar-refractivity contribution in [1.82, 2.24) is 9.55 Å². The third-order valence-electron chi connectivity index (χ3n) is 3.98. The first-order chi connectivity index (χ1) is 11.0. The number of carbonyl (C=O) groups excluding carboxylic acids is 1. The van der Waals surface area contributed by atoms with Gasteiger partial charge in [0.15, 0.2) is 5.82 Å². The van der Waals surface area contributed by atoms with Crippen molar-refractivity contribution in [2.75, 3.05) is 0 Å². The van der Waals surface area contributed by atoms with Gasteiger partial charge in [0, 0.05) is 12.1 Å². The Bertz CT molecular complexity index is 1100. The lowest BCUT2D eigenvalue weighted by Gasteiger charge is -2.06. The highest BCUT2D eigenvalue weighted by Gasteiger charge is 2.32. The minimum Gasteiger partial charge on any atom is -0.285 e. The molecule has 0 atom stereocenters. The Balaban J connectivity index is 2.11. The molecule has 1 aliphatic heterocycles. The zero-order valence-electron chi connectivity index (χ0n) is 11.9. The van der Waals surface area contributed by atoms with E-state index in [2.05, 4.69) is 4.98 Å². The molecule has 7 heteroatoms. The van der Waals surface area contributed by atoms with Gasteiger partial charge in [0.1, 0.15) is 0 Å². The molecular formula is C16H9N3O4. The van der Waals surface area contributed by atoms with E-state index in [1.807, 2.05) is 13.0 Å². The molecule has 0 spiro atoms. The summed E-state index contributed by atoms with van der Waals surface area (Å²) in [5.74, 6) is -0.488. The van der Waals surface area contributed by atoms with Crippen LogP contribution in [-0.2, 0) is 0 Å². The van der Waals surface area contributed by atoms with E-state index in [4.69, 9.17) is 0 Å². The topological polar surface area (TPSA) is 95.1 Å². The normalized spacial score (nSPS) is 12.3. The molecule has 2 aromatic carbocycles. The first-order valence-corrected chi connectivity index (χ1v) is 6.85. The average molecular weight is 307 g/mol. The standard InChI is InChI=1S/C16H9N3O4/c1-8-3-2-4-10-13(8)17-15-14(20)11-7-9(19(22)23)5-6-12(11)18(15)16(10)21/h2-7H,1H3. The Morgan fingerprint density at radius 1 is 1.17 bits per heavy atom. The van der Waals surface area contributed by atoms with Gasteiger partial charge >= 0.3 is 0 Å². The van der Waals surface area contributed by atoms with Crippen LogP contribution in [0.5, 0.6) is 0 Å².